The summed E-state index contributed by atoms with van der Waals surface area (Å²) in [6.07, 6.45) is 7.24. The Hall–Kier alpha value is 0.0700. The molecular weight excluding hydrogens is 232 g/mol. The summed E-state index contributed by atoms with van der Waals surface area (Å²) in [5, 5.41) is 0.310. The monoisotopic (exact) mass is 258 g/mol. The minimum atomic E-state index is -0.683. The number of nitrogens with zero attached hydrogens (tertiary/aromatic N) is 2. The molecule has 100 valence electrons. The third-order valence-electron chi connectivity index (χ3n) is 4.22. The molecule has 0 bridgehead atoms. The molecule has 0 aromatic heterocycles. The lowest BCUT2D eigenvalue weighted by atomic mass is 10.0. The van der Waals surface area contributed by atoms with E-state index >= 15 is 0 Å². The molecule has 4 heteroatoms. The largest absolute Gasteiger partial charge is 0.301 e. The van der Waals surface area contributed by atoms with Crippen LogP contribution < -0.4 is 0 Å². The maximum atomic E-state index is 11.5. The highest BCUT2D eigenvalue weighted by Crippen LogP contribution is 2.21. The molecule has 3 nitrogen and oxygen atoms in total. The molecule has 17 heavy (non-hydrogen) atoms. The number of piperidine rings is 1. The first-order valence-corrected chi connectivity index (χ1v) is 8.57. The highest BCUT2D eigenvalue weighted by molar-refractivity contribution is 7.84. The quantitative estimate of drug-likeness (QED) is 0.763. The van der Waals surface area contributed by atoms with Crippen LogP contribution in [0.5, 0.6) is 0 Å². The summed E-state index contributed by atoms with van der Waals surface area (Å²) in [6, 6.07) is 0.767. The van der Waals surface area contributed by atoms with E-state index in [4.69, 9.17) is 0 Å². The lowest BCUT2D eigenvalue weighted by Gasteiger charge is -2.35. The van der Waals surface area contributed by atoms with Gasteiger partial charge in [0, 0.05) is 41.4 Å². The van der Waals surface area contributed by atoms with Crippen molar-refractivity contribution in [3.63, 3.8) is 0 Å². The van der Waals surface area contributed by atoms with E-state index in [0.717, 1.165) is 12.6 Å². The van der Waals surface area contributed by atoms with Crippen LogP contribution in [0.25, 0.3) is 0 Å². The van der Waals surface area contributed by atoms with E-state index in [1.165, 1.54) is 51.9 Å². The Morgan fingerprint density at radius 3 is 2.76 bits per heavy atom. The zero-order valence-electron chi connectivity index (χ0n) is 11.2. The van der Waals surface area contributed by atoms with Crippen LogP contribution in [0.1, 0.15) is 32.6 Å². The van der Waals surface area contributed by atoms with Gasteiger partial charge in [-0.25, -0.2) is 0 Å². The molecular formula is C13H26N2OS. The maximum Gasteiger partial charge on any atom is 0.0444 e. The zero-order chi connectivity index (χ0) is 12.3. The molecule has 0 aromatic rings. The SMILES string of the molecule is CC(CN1CCCN2CCCCC2C1)S(C)=O. The van der Waals surface area contributed by atoms with E-state index < -0.39 is 10.8 Å². The van der Waals surface area contributed by atoms with Gasteiger partial charge < -0.3 is 4.90 Å². The van der Waals surface area contributed by atoms with Crippen LogP contribution in [-0.2, 0) is 10.8 Å². The topological polar surface area (TPSA) is 23.6 Å². The van der Waals surface area contributed by atoms with Crippen LogP contribution >= 0.6 is 0 Å². The van der Waals surface area contributed by atoms with E-state index in [9.17, 15) is 4.21 Å². The van der Waals surface area contributed by atoms with Crippen molar-refractivity contribution in [3.8, 4) is 0 Å². The summed E-state index contributed by atoms with van der Waals surface area (Å²) >= 11 is 0. The van der Waals surface area contributed by atoms with Gasteiger partial charge in [0.2, 0.25) is 0 Å². The van der Waals surface area contributed by atoms with Crippen LogP contribution in [0, 0.1) is 0 Å². The van der Waals surface area contributed by atoms with E-state index in [0.29, 0.717) is 5.25 Å². The summed E-state index contributed by atoms with van der Waals surface area (Å²) in [5.74, 6) is 0. The fraction of sp³-hybridized carbons (Fsp3) is 1.00. The molecule has 2 fully saturated rings. The second kappa shape index (κ2) is 6.30. The Kier molecular flexibility index (Phi) is 5.00. The van der Waals surface area contributed by atoms with Gasteiger partial charge in [0.1, 0.15) is 0 Å². The number of hydrogen-bond acceptors (Lipinski definition) is 3. The molecule has 0 saturated carbocycles. The highest BCUT2D eigenvalue weighted by Gasteiger charge is 2.27. The van der Waals surface area contributed by atoms with Crippen molar-refractivity contribution in [2.45, 2.75) is 43.9 Å². The average molecular weight is 258 g/mol. The Labute approximate surface area is 108 Å². The van der Waals surface area contributed by atoms with Gasteiger partial charge in [-0.15, -0.1) is 0 Å². The molecule has 2 heterocycles. The second-order valence-electron chi connectivity index (χ2n) is 5.61. The Balaban J connectivity index is 1.89. The third kappa shape index (κ3) is 3.76. The van der Waals surface area contributed by atoms with Crippen molar-refractivity contribution in [1.82, 2.24) is 9.80 Å². The predicted octanol–water partition coefficient (Wildman–Crippen LogP) is 1.31. The van der Waals surface area contributed by atoms with Crippen molar-refractivity contribution >= 4 is 10.8 Å². The van der Waals surface area contributed by atoms with Crippen molar-refractivity contribution in [2.24, 2.45) is 0 Å². The van der Waals surface area contributed by atoms with Crippen molar-refractivity contribution in [1.29, 1.82) is 0 Å². The van der Waals surface area contributed by atoms with Gasteiger partial charge in [0.05, 0.1) is 0 Å². The molecule has 3 atom stereocenters. The van der Waals surface area contributed by atoms with E-state index in [-0.39, 0.29) is 0 Å². The van der Waals surface area contributed by atoms with Gasteiger partial charge in [-0.05, 0) is 45.8 Å². The molecule has 0 aliphatic carbocycles. The lowest BCUT2D eigenvalue weighted by molar-refractivity contribution is 0.137. The summed E-state index contributed by atoms with van der Waals surface area (Å²) in [7, 11) is -0.683. The van der Waals surface area contributed by atoms with Crippen molar-refractivity contribution < 1.29 is 4.21 Å². The molecule has 2 aliphatic heterocycles. The molecule has 2 aliphatic rings. The summed E-state index contributed by atoms with van der Waals surface area (Å²) in [4.78, 5) is 5.22. The standard InChI is InChI=1S/C13H26N2OS/c1-12(17(2)16)10-14-7-5-9-15-8-4-3-6-13(15)11-14/h12-13H,3-11H2,1-2H3. The molecule has 0 spiro atoms. The molecule has 0 radical (unpaired) electrons. The normalized spacial score (nSPS) is 31.5. The van der Waals surface area contributed by atoms with Gasteiger partial charge >= 0.3 is 0 Å². The van der Waals surface area contributed by atoms with E-state index in [1.54, 1.807) is 0 Å². The number of fused-ring (bicyclic) bond motifs is 1. The van der Waals surface area contributed by atoms with Crippen LogP contribution in [0.4, 0.5) is 0 Å². The number of rotatable bonds is 3. The smallest absolute Gasteiger partial charge is 0.0444 e. The van der Waals surface area contributed by atoms with E-state index in [2.05, 4.69) is 16.7 Å². The predicted molar refractivity (Wildman–Crippen MR) is 73.8 cm³/mol. The summed E-state index contributed by atoms with van der Waals surface area (Å²) < 4.78 is 11.5. The summed E-state index contributed by atoms with van der Waals surface area (Å²) in [6.45, 7) is 8.07. The Morgan fingerprint density at radius 2 is 2.00 bits per heavy atom. The van der Waals surface area contributed by atoms with Crippen molar-refractivity contribution in [2.75, 3.05) is 39.0 Å². The van der Waals surface area contributed by atoms with Crippen LogP contribution in [0.3, 0.4) is 0 Å². The maximum absolute atomic E-state index is 11.5. The lowest BCUT2D eigenvalue weighted by Crippen LogP contribution is -2.45. The van der Waals surface area contributed by atoms with E-state index in [1.807, 2.05) is 6.26 Å². The Morgan fingerprint density at radius 1 is 1.24 bits per heavy atom. The Bertz CT molecular complexity index is 272. The molecule has 2 saturated heterocycles. The molecule has 0 amide bonds. The number of hydrogen-bond donors (Lipinski definition) is 0. The first-order valence-electron chi connectivity index (χ1n) is 6.95. The van der Waals surface area contributed by atoms with Gasteiger partial charge in [0.15, 0.2) is 0 Å². The van der Waals surface area contributed by atoms with Crippen molar-refractivity contribution in [3.05, 3.63) is 0 Å². The third-order valence-corrected chi connectivity index (χ3v) is 5.50. The van der Waals surface area contributed by atoms with Gasteiger partial charge in [-0.3, -0.25) is 9.11 Å². The first kappa shape index (κ1) is 13.5. The fourth-order valence-electron chi connectivity index (χ4n) is 3.08. The first-order chi connectivity index (χ1) is 8.16. The molecule has 2 rings (SSSR count). The minimum Gasteiger partial charge on any atom is -0.301 e. The van der Waals surface area contributed by atoms with Gasteiger partial charge in [0.25, 0.3) is 0 Å². The molecule has 0 N–H and O–H groups in total. The van der Waals surface area contributed by atoms with Gasteiger partial charge in [-0.1, -0.05) is 6.42 Å². The minimum absolute atomic E-state index is 0.310. The summed E-state index contributed by atoms with van der Waals surface area (Å²) in [5.41, 5.74) is 0. The molecule has 3 unspecified atom stereocenters. The zero-order valence-corrected chi connectivity index (χ0v) is 12.0. The fourth-order valence-corrected chi connectivity index (χ4v) is 3.50. The van der Waals surface area contributed by atoms with Gasteiger partial charge in [-0.2, -0.15) is 0 Å². The van der Waals surface area contributed by atoms with Crippen LogP contribution in [-0.4, -0.2) is 64.3 Å². The van der Waals surface area contributed by atoms with Crippen LogP contribution in [0.15, 0.2) is 0 Å². The highest BCUT2D eigenvalue weighted by atomic mass is 32.2. The second-order valence-corrected chi connectivity index (χ2v) is 7.41. The van der Waals surface area contributed by atoms with Crippen LogP contribution in [0.2, 0.25) is 0 Å². The average Bonchev–Trinajstić information content (AvgIpc) is 2.50. The molecule has 0 aromatic carbocycles.